The molecule has 0 radical (unpaired) electrons. The fourth-order valence-electron chi connectivity index (χ4n) is 1.97. The molecule has 1 aliphatic rings. The third-order valence-corrected chi connectivity index (χ3v) is 2.99. The van der Waals surface area contributed by atoms with Crippen LogP contribution in [0, 0.1) is 5.92 Å². The highest BCUT2D eigenvalue weighted by Crippen LogP contribution is 2.19. The van der Waals surface area contributed by atoms with Crippen molar-refractivity contribution in [3.63, 3.8) is 0 Å². The molecule has 0 saturated heterocycles. The molecule has 6 heteroatoms. The van der Waals surface area contributed by atoms with E-state index in [1.165, 1.54) is 0 Å². The van der Waals surface area contributed by atoms with Gasteiger partial charge in [-0.1, -0.05) is 19.1 Å². The minimum Gasteiger partial charge on any atom is -0.457 e. The van der Waals surface area contributed by atoms with Gasteiger partial charge in [0.05, 0.1) is 5.92 Å². The van der Waals surface area contributed by atoms with Crippen molar-refractivity contribution in [1.29, 1.82) is 0 Å². The van der Waals surface area contributed by atoms with Crippen LogP contribution in [-0.4, -0.2) is 26.2 Å². The van der Waals surface area contributed by atoms with Gasteiger partial charge in [0.2, 0.25) is 0 Å². The number of aromatic nitrogens is 4. The zero-order valence-corrected chi connectivity index (χ0v) is 10.6. The van der Waals surface area contributed by atoms with Gasteiger partial charge in [-0.3, -0.25) is 4.79 Å². The number of rotatable bonds is 5. The molecule has 2 rings (SSSR count). The monoisotopic (exact) mass is 250 g/mol. The van der Waals surface area contributed by atoms with E-state index in [9.17, 15) is 4.79 Å². The number of tetrazole rings is 1. The molecule has 18 heavy (non-hydrogen) atoms. The summed E-state index contributed by atoms with van der Waals surface area (Å²) in [6.45, 7) is 2.95. The average Bonchev–Trinajstić information content (AvgIpc) is 2.85. The summed E-state index contributed by atoms with van der Waals surface area (Å²) in [5.74, 6) is 0.451. The summed E-state index contributed by atoms with van der Waals surface area (Å²) in [6.07, 6.45) is 7.68. The highest BCUT2D eigenvalue weighted by Gasteiger charge is 2.20. The SMILES string of the molecule is CCCn1nnnc1COC(=O)C1CC=CCC1. The van der Waals surface area contributed by atoms with Crippen molar-refractivity contribution in [2.24, 2.45) is 5.92 Å². The van der Waals surface area contributed by atoms with Crippen molar-refractivity contribution in [2.75, 3.05) is 0 Å². The second-order valence-corrected chi connectivity index (χ2v) is 4.41. The molecular formula is C12H18N4O2. The molecule has 1 unspecified atom stereocenters. The molecule has 1 heterocycles. The van der Waals surface area contributed by atoms with Crippen LogP contribution in [-0.2, 0) is 22.7 Å². The lowest BCUT2D eigenvalue weighted by Gasteiger charge is -2.16. The Bertz CT molecular complexity index is 427. The molecule has 1 atom stereocenters. The number of aryl methyl sites for hydroxylation is 1. The predicted molar refractivity (Wildman–Crippen MR) is 64.4 cm³/mol. The summed E-state index contributed by atoms with van der Waals surface area (Å²) in [7, 11) is 0. The Labute approximate surface area is 106 Å². The van der Waals surface area contributed by atoms with Crippen LogP contribution in [0.4, 0.5) is 0 Å². The van der Waals surface area contributed by atoms with Gasteiger partial charge in [-0.25, -0.2) is 4.68 Å². The quantitative estimate of drug-likeness (QED) is 0.585. The number of ether oxygens (including phenoxy) is 1. The largest absolute Gasteiger partial charge is 0.457 e. The molecule has 0 N–H and O–H groups in total. The normalized spacial score (nSPS) is 18.8. The van der Waals surface area contributed by atoms with Crippen molar-refractivity contribution in [2.45, 2.75) is 45.8 Å². The number of nitrogens with zero attached hydrogens (tertiary/aromatic N) is 4. The highest BCUT2D eigenvalue weighted by atomic mass is 16.5. The van der Waals surface area contributed by atoms with E-state index in [0.29, 0.717) is 5.82 Å². The van der Waals surface area contributed by atoms with Gasteiger partial charge >= 0.3 is 5.97 Å². The molecule has 6 nitrogen and oxygen atoms in total. The Morgan fingerprint density at radius 3 is 3.17 bits per heavy atom. The van der Waals surface area contributed by atoms with Crippen molar-refractivity contribution in [1.82, 2.24) is 20.2 Å². The third kappa shape index (κ3) is 3.15. The molecule has 1 aromatic heterocycles. The molecule has 0 aromatic carbocycles. The maximum Gasteiger partial charge on any atom is 0.309 e. The van der Waals surface area contributed by atoms with E-state index in [-0.39, 0.29) is 18.5 Å². The van der Waals surface area contributed by atoms with Crippen molar-refractivity contribution in [3.05, 3.63) is 18.0 Å². The lowest BCUT2D eigenvalue weighted by Crippen LogP contribution is -2.19. The zero-order chi connectivity index (χ0) is 12.8. The van der Waals surface area contributed by atoms with Crippen LogP contribution in [0.15, 0.2) is 12.2 Å². The summed E-state index contributed by atoms with van der Waals surface area (Å²) >= 11 is 0. The number of hydrogen-bond donors (Lipinski definition) is 0. The van der Waals surface area contributed by atoms with Gasteiger partial charge in [-0.05, 0) is 36.1 Å². The first-order valence-electron chi connectivity index (χ1n) is 6.38. The smallest absolute Gasteiger partial charge is 0.309 e. The maximum atomic E-state index is 11.8. The van der Waals surface area contributed by atoms with E-state index in [0.717, 1.165) is 32.2 Å². The van der Waals surface area contributed by atoms with Gasteiger partial charge in [0, 0.05) is 6.54 Å². The molecule has 98 valence electrons. The molecule has 1 aromatic rings. The first-order valence-corrected chi connectivity index (χ1v) is 6.38. The second kappa shape index (κ2) is 6.28. The van der Waals surface area contributed by atoms with Crippen LogP contribution < -0.4 is 0 Å². The Morgan fingerprint density at radius 2 is 2.44 bits per heavy atom. The van der Waals surface area contributed by atoms with E-state index < -0.39 is 0 Å². The Kier molecular flexibility index (Phi) is 4.44. The lowest BCUT2D eigenvalue weighted by molar-refractivity contribution is -0.150. The number of allylic oxidation sites excluding steroid dienone is 2. The van der Waals surface area contributed by atoms with E-state index in [1.54, 1.807) is 4.68 Å². The molecule has 0 aliphatic heterocycles. The summed E-state index contributed by atoms with van der Waals surface area (Å²) in [6, 6.07) is 0. The van der Waals surface area contributed by atoms with Crippen LogP contribution in [0.5, 0.6) is 0 Å². The standard InChI is InChI=1S/C12H18N4O2/c1-2-8-16-11(13-14-15-16)9-18-12(17)10-6-4-3-5-7-10/h3-4,10H,2,5-9H2,1H3. The molecule has 0 bridgehead atoms. The Hall–Kier alpha value is -1.72. The summed E-state index contributed by atoms with van der Waals surface area (Å²) in [5.41, 5.74) is 0. The molecule has 1 aliphatic carbocycles. The van der Waals surface area contributed by atoms with Crippen molar-refractivity contribution in [3.8, 4) is 0 Å². The topological polar surface area (TPSA) is 69.9 Å². The summed E-state index contributed by atoms with van der Waals surface area (Å²) < 4.78 is 6.95. The van der Waals surface area contributed by atoms with Crippen molar-refractivity contribution < 1.29 is 9.53 Å². The average molecular weight is 250 g/mol. The van der Waals surface area contributed by atoms with Gasteiger partial charge in [0.15, 0.2) is 12.4 Å². The van der Waals surface area contributed by atoms with Crippen LogP contribution >= 0.6 is 0 Å². The first kappa shape index (κ1) is 12.7. The molecule has 0 saturated carbocycles. The predicted octanol–water partition coefficient (Wildman–Crippen LogP) is 1.48. The number of esters is 1. The fourth-order valence-corrected chi connectivity index (χ4v) is 1.97. The van der Waals surface area contributed by atoms with Crippen LogP contribution in [0.3, 0.4) is 0 Å². The number of carbonyl (C=O) groups excluding carboxylic acids is 1. The van der Waals surface area contributed by atoms with E-state index >= 15 is 0 Å². The van der Waals surface area contributed by atoms with E-state index in [1.807, 2.05) is 13.0 Å². The second-order valence-electron chi connectivity index (χ2n) is 4.41. The molecule has 0 fully saturated rings. The van der Waals surface area contributed by atoms with Gasteiger partial charge in [0.1, 0.15) is 0 Å². The van der Waals surface area contributed by atoms with Gasteiger partial charge < -0.3 is 4.74 Å². The van der Waals surface area contributed by atoms with Gasteiger partial charge in [-0.2, -0.15) is 0 Å². The minimum absolute atomic E-state index is 0.00879. The third-order valence-electron chi connectivity index (χ3n) is 2.99. The molecule has 0 spiro atoms. The first-order chi connectivity index (χ1) is 8.81. The Morgan fingerprint density at radius 1 is 1.56 bits per heavy atom. The van der Waals surface area contributed by atoms with E-state index in [4.69, 9.17) is 4.74 Å². The van der Waals surface area contributed by atoms with Gasteiger partial charge in [-0.15, -0.1) is 5.10 Å². The lowest BCUT2D eigenvalue weighted by atomic mass is 9.95. The van der Waals surface area contributed by atoms with E-state index in [2.05, 4.69) is 21.6 Å². The summed E-state index contributed by atoms with van der Waals surface area (Å²) in [5, 5.41) is 11.3. The minimum atomic E-state index is -0.148. The molecular weight excluding hydrogens is 232 g/mol. The van der Waals surface area contributed by atoms with Crippen LogP contribution in [0.25, 0.3) is 0 Å². The zero-order valence-electron chi connectivity index (χ0n) is 10.6. The van der Waals surface area contributed by atoms with Gasteiger partial charge in [0.25, 0.3) is 0 Å². The maximum absolute atomic E-state index is 11.8. The number of hydrogen-bond acceptors (Lipinski definition) is 5. The van der Waals surface area contributed by atoms with Crippen molar-refractivity contribution >= 4 is 5.97 Å². The summed E-state index contributed by atoms with van der Waals surface area (Å²) in [4.78, 5) is 11.8. The van der Waals surface area contributed by atoms with Crippen LogP contribution in [0.1, 0.15) is 38.4 Å². The number of carbonyl (C=O) groups is 1. The highest BCUT2D eigenvalue weighted by molar-refractivity contribution is 5.72. The molecule has 0 amide bonds. The fraction of sp³-hybridized carbons (Fsp3) is 0.667. The van der Waals surface area contributed by atoms with Crippen LogP contribution in [0.2, 0.25) is 0 Å². The Balaban J connectivity index is 1.85.